The topological polar surface area (TPSA) is 24.5 Å². The lowest BCUT2D eigenvalue weighted by molar-refractivity contribution is 0.171. The van der Waals surface area contributed by atoms with Gasteiger partial charge in [0.15, 0.2) is 0 Å². The molecule has 0 atom stereocenters. The molecule has 0 radical (unpaired) electrons. The van der Waals surface area contributed by atoms with Gasteiger partial charge in [-0.15, -0.1) is 0 Å². The van der Waals surface area contributed by atoms with Crippen LogP contribution in [-0.2, 0) is 4.74 Å². The number of nitrogens with one attached hydrogen (secondary N) is 1. The minimum Gasteiger partial charge on any atom is -0.383 e. The third-order valence-electron chi connectivity index (χ3n) is 2.59. The van der Waals surface area contributed by atoms with E-state index < -0.39 is 0 Å². The molecule has 0 saturated carbocycles. The second kappa shape index (κ2) is 5.63. The fourth-order valence-corrected chi connectivity index (χ4v) is 2.20. The summed E-state index contributed by atoms with van der Waals surface area (Å²) in [5, 5.41) is 4.60. The van der Waals surface area contributed by atoms with Gasteiger partial charge in [-0.1, -0.05) is 23.2 Å². The maximum Gasteiger partial charge on any atom is 0.0873 e. The van der Waals surface area contributed by atoms with Gasteiger partial charge >= 0.3 is 0 Å². The van der Waals surface area contributed by atoms with Crippen molar-refractivity contribution in [3.05, 3.63) is 40.0 Å². The van der Waals surface area contributed by atoms with Gasteiger partial charge in [0.25, 0.3) is 0 Å². The maximum absolute atomic E-state index is 6.15. The van der Waals surface area contributed by atoms with Gasteiger partial charge in [0.1, 0.15) is 0 Å². The van der Waals surface area contributed by atoms with Crippen molar-refractivity contribution in [2.24, 2.45) is 0 Å². The monoisotopic (exact) mass is 272 g/mol. The molecule has 3 nitrogen and oxygen atoms in total. The van der Waals surface area contributed by atoms with E-state index in [1.54, 1.807) is 13.2 Å². The summed E-state index contributed by atoms with van der Waals surface area (Å²) in [7, 11) is 1.70. The lowest BCUT2D eigenvalue weighted by Gasteiger charge is -2.12. The minimum atomic E-state index is 0.647. The average Bonchev–Trinajstić information content (AvgIpc) is 2.75. The van der Waals surface area contributed by atoms with E-state index in [1.165, 1.54) is 0 Å². The predicted octanol–water partition coefficient (Wildman–Crippen LogP) is 2.80. The Morgan fingerprint density at radius 1 is 1.41 bits per heavy atom. The molecule has 92 valence electrons. The van der Waals surface area contributed by atoms with Gasteiger partial charge in [0.2, 0.25) is 0 Å². The highest BCUT2D eigenvalue weighted by Crippen LogP contribution is 2.27. The van der Waals surface area contributed by atoms with Crippen LogP contribution in [0.1, 0.15) is 5.56 Å². The first-order valence-electron chi connectivity index (χ1n) is 5.35. The van der Waals surface area contributed by atoms with Crippen molar-refractivity contribution < 1.29 is 4.74 Å². The van der Waals surface area contributed by atoms with E-state index in [1.807, 2.05) is 18.3 Å². The number of ether oxygens (including phenoxy) is 1. The van der Waals surface area contributed by atoms with Crippen LogP contribution >= 0.6 is 23.2 Å². The number of methoxy groups -OCH3 is 1. The van der Waals surface area contributed by atoms with Gasteiger partial charge in [-0.2, -0.15) is 0 Å². The van der Waals surface area contributed by atoms with Gasteiger partial charge in [-0.05, 0) is 18.2 Å². The molecule has 2 rings (SSSR count). The van der Waals surface area contributed by atoms with Crippen LogP contribution < -0.4 is 5.32 Å². The van der Waals surface area contributed by atoms with Crippen LogP contribution in [0.3, 0.4) is 0 Å². The molecule has 1 N–H and O–H groups in total. The summed E-state index contributed by atoms with van der Waals surface area (Å²) in [5.41, 5.74) is 1.98. The smallest absolute Gasteiger partial charge is 0.0873 e. The molecule has 0 saturated heterocycles. The van der Waals surface area contributed by atoms with Crippen molar-refractivity contribution in [3.63, 3.8) is 0 Å². The Hall–Kier alpha value is -0.900. The molecule has 1 aromatic carbocycles. The lowest BCUT2D eigenvalue weighted by atomic mass is 10.2. The highest BCUT2D eigenvalue weighted by atomic mass is 35.5. The summed E-state index contributed by atoms with van der Waals surface area (Å²) in [4.78, 5) is 2.14. The Morgan fingerprint density at radius 2 is 2.24 bits per heavy atom. The van der Waals surface area contributed by atoms with Crippen molar-refractivity contribution in [3.8, 4) is 0 Å². The van der Waals surface area contributed by atoms with E-state index in [0.29, 0.717) is 16.7 Å². The number of nitrogens with zero attached hydrogens (tertiary/aromatic N) is 1. The van der Waals surface area contributed by atoms with Gasteiger partial charge in [0, 0.05) is 30.4 Å². The summed E-state index contributed by atoms with van der Waals surface area (Å²) < 4.78 is 5.04. The van der Waals surface area contributed by atoms with E-state index in [0.717, 1.165) is 24.5 Å². The van der Waals surface area contributed by atoms with Crippen LogP contribution in [0, 0.1) is 0 Å². The van der Waals surface area contributed by atoms with Crippen LogP contribution in [0.5, 0.6) is 0 Å². The minimum absolute atomic E-state index is 0.647. The molecule has 5 heteroatoms. The predicted molar refractivity (Wildman–Crippen MR) is 71.0 cm³/mol. The van der Waals surface area contributed by atoms with Crippen LogP contribution in [-0.4, -0.2) is 31.8 Å². The summed E-state index contributed by atoms with van der Waals surface area (Å²) in [5.74, 6) is 0. The molecule has 0 amide bonds. The van der Waals surface area contributed by atoms with Crippen LogP contribution in [0.15, 0.2) is 24.4 Å². The Morgan fingerprint density at radius 3 is 2.94 bits per heavy atom. The molecule has 0 fully saturated rings. The maximum atomic E-state index is 6.15. The number of benzene rings is 1. The quantitative estimate of drug-likeness (QED) is 0.913. The van der Waals surface area contributed by atoms with Crippen molar-refractivity contribution in [1.29, 1.82) is 0 Å². The zero-order valence-corrected chi connectivity index (χ0v) is 11.1. The number of rotatable bonds is 4. The first-order chi connectivity index (χ1) is 8.20. The molecule has 1 aliphatic heterocycles. The van der Waals surface area contributed by atoms with Crippen LogP contribution in [0.2, 0.25) is 10.0 Å². The second-order valence-electron chi connectivity index (χ2n) is 3.81. The van der Waals surface area contributed by atoms with Crippen molar-refractivity contribution in [2.45, 2.75) is 0 Å². The second-order valence-corrected chi connectivity index (χ2v) is 4.65. The van der Waals surface area contributed by atoms with E-state index in [9.17, 15) is 0 Å². The molecular weight excluding hydrogens is 259 g/mol. The third kappa shape index (κ3) is 3.06. The first kappa shape index (κ1) is 12.6. The summed E-state index contributed by atoms with van der Waals surface area (Å²) in [6, 6.07) is 5.51. The van der Waals surface area contributed by atoms with Gasteiger partial charge in [-0.3, -0.25) is 0 Å². The fraction of sp³-hybridized carbons (Fsp3) is 0.333. The zero-order valence-electron chi connectivity index (χ0n) is 9.54. The Kier molecular flexibility index (Phi) is 4.15. The Labute approximate surface area is 111 Å². The summed E-state index contributed by atoms with van der Waals surface area (Å²) >= 11 is 12.0. The molecule has 0 spiro atoms. The normalized spacial score (nSPS) is 14.8. The van der Waals surface area contributed by atoms with E-state index >= 15 is 0 Å². The lowest BCUT2D eigenvalue weighted by Crippen LogP contribution is -2.24. The number of halogens is 2. The number of hydrogen-bond donors (Lipinski definition) is 1. The highest BCUT2D eigenvalue weighted by Gasteiger charge is 2.14. The van der Waals surface area contributed by atoms with Crippen molar-refractivity contribution in [2.75, 3.05) is 26.9 Å². The van der Waals surface area contributed by atoms with E-state index in [-0.39, 0.29) is 0 Å². The molecule has 0 aliphatic carbocycles. The first-order valence-corrected chi connectivity index (χ1v) is 6.10. The Balaban J connectivity index is 2.12. The summed E-state index contributed by atoms with van der Waals surface area (Å²) in [6.07, 6.45) is 2.05. The molecule has 0 unspecified atom stereocenters. The molecule has 0 bridgehead atoms. The van der Waals surface area contributed by atoms with Crippen molar-refractivity contribution >= 4 is 28.9 Å². The largest absolute Gasteiger partial charge is 0.383 e. The number of hydrogen-bond acceptors (Lipinski definition) is 3. The van der Waals surface area contributed by atoms with Gasteiger partial charge in [-0.25, -0.2) is 0 Å². The van der Waals surface area contributed by atoms with Crippen molar-refractivity contribution in [1.82, 2.24) is 10.2 Å². The standard InChI is InChI=1S/C12H14Cl2N2O/c1-17-5-4-16-7-12(15-8-16)10-3-2-9(13)6-11(10)14/h2-3,6-7,15H,4-5,8H2,1H3. The zero-order chi connectivity index (χ0) is 12.3. The fourth-order valence-electron chi connectivity index (χ4n) is 1.69. The van der Waals surface area contributed by atoms with Gasteiger partial charge in [0.05, 0.1) is 24.0 Å². The van der Waals surface area contributed by atoms with Crippen LogP contribution in [0.4, 0.5) is 0 Å². The average molecular weight is 273 g/mol. The van der Waals surface area contributed by atoms with E-state index in [4.69, 9.17) is 27.9 Å². The van der Waals surface area contributed by atoms with Crippen LogP contribution in [0.25, 0.3) is 5.70 Å². The SMILES string of the molecule is COCCN1C=C(c2ccc(Cl)cc2Cl)NC1. The molecule has 1 heterocycles. The molecule has 0 aromatic heterocycles. The highest BCUT2D eigenvalue weighted by molar-refractivity contribution is 6.35. The van der Waals surface area contributed by atoms with E-state index in [2.05, 4.69) is 10.2 Å². The molecular formula is C12H14Cl2N2O. The molecule has 1 aromatic rings. The molecule has 17 heavy (non-hydrogen) atoms. The molecule has 1 aliphatic rings. The van der Waals surface area contributed by atoms with Gasteiger partial charge < -0.3 is 15.0 Å². The Bertz CT molecular complexity index is 435. The summed E-state index contributed by atoms with van der Waals surface area (Å²) in [6.45, 7) is 2.34. The third-order valence-corrected chi connectivity index (χ3v) is 3.14.